The minimum Gasteiger partial charge on any atom is -0.201 e. The average molecular weight is 1610 g/mol. The largest absolute Gasteiger partial charge is 0.216 e. The van der Waals surface area contributed by atoms with Gasteiger partial charge in [0.1, 0.15) is 28.2 Å². The zero-order valence-electron chi connectivity index (χ0n) is 76.2. The molecular weight excluding hydrogens is 1500 g/mol. The molecule has 0 bridgehead atoms. The Morgan fingerprint density at radius 2 is 0.468 bits per heavy atom. The standard InChI is InChI=1S/4C30H28N/c1-17-6-8-23-22(13-17)15-21-7-9-24-25-10-11-31(5)30(28(25)16-27(24)29(21)23)26-14-18(2)12-19(3)20(26)4;1-17-6-7-21-15-22-8-9-23-24-10-11-31(5)30(25-14-18(2)12-19(3)20(25)4)28(24)16-27(23)29(22)26(21)13-17;1-17-13-19(3)20(4)26(14-17)30-28-16-27-22(23(28)11-12-31(30)5)10-9-21-15-25-18(2)7-6-8-24(25)29(21)27;1-17-13-19(3)20(4)25(14-17)30-27-16-26-23(24(27)11-12-31(30)5)10-9-22-15-21-8-6-7-18(2)28(21)29(22)26/h4*6-14H,15-16H2,1-5H3/q4*+1. The first kappa shape index (κ1) is 78.5. The van der Waals surface area contributed by atoms with Crippen molar-refractivity contribution in [3.8, 4) is 134 Å². The van der Waals surface area contributed by atoms with E-state index in [-0.39, 0.29) is 0 Å². The second-order valence-electron chi connectivity index (χ2n) is 38.1. The number of hydrogen-bond donors (Lipinski definition) is 0. The summed E-state index contributed by atoms with van der Waals surface area (Å²) in [5.41, 5.74) is 79.9. The van der Waals surface area contributed by atoms with Crippen LogP contribution in [-0.2, 0) is 79.6 Å². The van der Waals surface area contributed by atoms with Crippen molar-refractivity contribution in [2.24, 2.45) is 28.2 Å². The topological polar surface area (TPSA) is 15.5 Å². The maximum Gasteiger partial charge on any atom is 0.216 e. The molecule has 4 nitrogen and oxygen atoms in total. The van der Waals surface area contributed by atoms with Gasteiger partial charge in [-0.25, -0.2) is 18.3 Å². The summed E-state index contributed by atoms with van der Waals surface area (Å²) in [6.45, 7) is 35.7. The van der Waals surface area contributed by atoms with Gasteiger partial charge in [0.2, 0.25) is 22.8 Å². The summed E-state index contributed by atoms with van der Waals surface area (Å²) in [4.78, 5) is 0. The van der Waals surface area contributed by atoms with Gasteiger partial charge >= 0.3 is 0 Å². The first-order valence-corrected chi connectivity index (χ1v) is 45.1. The lowest BCUT2D eigenvalue weighted by molar-refractivity contribution is -0.660. The lowest BCUT2D eigenvalue weighted by Gasteiger charge is -2.12. The highest BCUT2D eigenvalue weighted by Gasteiger charge is 2.40. The van der Waals surface area contributed by atoms with Gasteiger partial charge in [-0.05, 0) is 372 Å². The van der Waals surface area contributed by atoms with Crippen LogP contribution in [-0.4, -0.2) is 0 Å². The minimum atomic E-state index is 1.01. The van der Waals surface area contributed by atoms with Gasteiger partial charge < -0.3 is 0 Å². The van der Waals surface area contributed by atoms with E-state index >= 15 is 0 Å². The van der Waals surface area contributed by atoms with E-state index in [1.165, 1.54) is 312 Å². The van der Waals surface area contributed by atoms with Gasteiger partial charge in [-0.1, -0.05) is 179 Å². The lowest BCUT2D eigenvalue weighted by Crippen LogP contribution is -2.32. The smallest absolute Gasteiger partial charge is 0.201 e. The van der Waals surface area contributed by atoms with Crippen LogP contribution < -0.4 is 18.3 Å². The van der Waals surface area contributed by atoms with Gasteiger partial charge in [0.25, 0.3) is 0 Å². The average Bonchev–Trinajstić information content (AvgIpc) is 1.58. The molecule has 0 atom stereocenters. The fourth-order valence-electron chi connectivity index (χ4n) is 23.6. The van der Waals surface area contributed by atoms with E-state index in [9.17, 15) is 0 Å². The number of aromatic nitrogens is 4. The molecule has 24 rings (SSSR count). The van der Waals surface area contributed by atoms with Crippen molar-refractivity contribution in [3.05, 3.63) is 397 Å². The van der Waals surface area contributed by atoms with E-state index in [1.807, 2.05) is 0 Å². The molecule has 4 heterocycles. The molecule has 8 aliphatic rings. The van der Waals surface area contributed by atoms with E-state index in [0.29, 0.717) is 0 Å². The van der Waals surface area contributed by atoms with Crippen molar-refractivity contribution in [1.29, 1.82) is 0 Å². The number of fused-ring (bicyclic) bond motifs is 28. The SMILES string of the molecule is Cc1cc(C)c(C)c(-c2c3c(cc[n+]2C)-c2ccc4c(c2C3)-c2c(C)cccc2C4)c1.Cc1cc(C)c(C)c(-c2c3c(cc[n+]2C)-c2ccc4c(c2C3)-c2cccc(C)c2C4)c1.Cc1ccc2c(c1)-c1c(ccc3c1Cc1c-3cc[n+](C)c1-c1cc(C)cc(C)c1C)C2.Cc1ccc2c(c1)Cc1ccc3c(c1-2)Cc1c-3cc[n+](C)c1-c1cc(C)cc(C)c1C. The summed E-state index contributed by atoms with van der Waals surface area (Å²) in [6.07, 6.45) is 17.3. The molecule has 0 saturated heterocycles. The van der Waals surface area contributed by atoms with Crippen molar-refractivity contribution in [2.75, 3.05) is 0 Å². The molecule has 12 aromatic carbocycles. The highest BCUT2D eigenvalue weighted by Crippen LogP contribution is 2.56. The lowest BCUT2D eigenvalue weighted by atomic mass is 9.92. The molecule has 0 radical (unpaired) electrons. The van der Waals surface area contributed by atoms with Crippen LogP contribution in [0, 0.1) is 111 Å². The minimum absolute atomic E-state index is 1.01. The molecule has 0 N–H and O–H groups in total. The molecule has 0 aliphatic heterocycles. The highest BCUT2D eigenvalue weighted by molar-refractivity contribution is 5.97. The predicted octanol–water partition coefficient (Wildman–Crippen LogP) is 26.2. The number of rotatable bonds is 4. The zero-order chi connectivity index (χ0) is 85.8. The predicted molar refractivity (Wildman–Crippen MR) is 514 cm³/mol. The van der Waals surface area contributed by atoms with Crippen LogP contribution in [0.5, 0.6) is 0 Å². The quantitative estimate of drug-likeness (QED) is 0.156. The Labute approximate surface area is 734 Å². The number of nitrogens with zero attached hydrogens (tertiary/aromatic N) is 4. The zero-order valence-corrected chi connectivity index (χ0v) is 76.2. The summed E-state index contributed by atoms with van der Waals surface area (Å²) in [5, 5.41) is 0. The second kappa shape index (κ2) is 29.5. The fraction of sp³-hybridized carbons (Fsp3) is 0.233. The van der Waals surface area contributed by atoms with E-state index in [0.717, 1.165) is 51.4 Å². The van der Waals surface area contributed by atoms with Crippen LogP contribution >= 0.6 is 0 Å². The van der Waals surface area contributed by atoms with Gasteiger partial charge in [0, 0.05) is 94.5 Å². The third kappa shape index (κ3) is 12.4. The molecule has 16 aromatic rings. The monoisotopic (exact) mass is 1610 g/mol. The highest BCUT2D eigenvalue weighted by atomic mass is 14.9. The molecule has 0 saturated carbocycles. The van der Waals surface area contributed by atoms with Crippen molar-refractivity contribution in [1.82, 2.24) is 0 Å². The Balaban J connectivity index is 0.000000101. The Hall–Kier alpha value is -12.8. The van der Waals surface area contributed by atoms with E-state index in [2.05, 4.69) is 376 Å². The van der Waals surface area contributed by atoms with Gasteiger partial charge in [0.15, 0.2) is 24.8 Å². The van der Waals surface area contributed by atoms with E-state index < -0.39 is 0 Å². The number of benzene rings is 12. The normalized spacial score (nSPS) is 13.1. The maximum absolute atomic E-state index is 2.39. The molecule has 608 valence electrons. The van der Waals surface area contributed by atoms with Crippen molar-refractivity contribution in [3.63, 3.8) is 0 Å². The number of hydrogen-bond acceptors (Lipinski definition) is 0. The molecule has 0 unspecified atom stereocenters. The third-order valence-electron chi connectivity index (χ3n) is 30.0. The molecule has 0 amide bonds. The molecule has 124 heavy (non-hydrogen) atoms. The Morgan fingerprint density at radius 3 is 0.895 bits per heavy atom. The first-order chi connectivity index (χ1) is 59.7. The summed E-state index contributed by atoms with van der Waals surface area (Å²) in [7, 11) is 8.77. The van der Waals surface area contributed by atoms with Crippen LogP contribution in [0.2, 0.25) is 0 Å². The number of pyridine rings is 4. The van der Waals surface area contributed by atoms with E-state index in [1.54, 1.807) is 0 Å². The Kier molecular flexibility index (Phi) is 18.7. The molecular formula is C120H112N4+4. The van der Waals surface area contributed by atoms with Crippen molar-refractivity contribution < 1.29 is 18.3 Å². The van der Waals surface area contributed by atoms with Gasteiger partial charge in [-0.3, -0.25) is 0 Å². The van der Waals surface area contributed by atoms with Crippen LogP contribution in [0.4, 0.5) is 0 Å². The van der Waals surface area contributed by atoms with Crippen LogP contribution in [0.3, 0.4) is 0 Å². The summed E-state index contributed by atoms with van der Waals surface area (Å²) < 4.78 is 9.29. The van der Waals surface area contributed by atoms with Gasteiger partial charge in [0.05, 0.1) is 0 Å². The molecule has 4 heteroatoms. The molecule has 8 aliphatic carbocycles. The van der Waals surface area contributed by atoms with Crippen LogP contribution in [0.25, 0.3) is 134 Å². The molecule has 0 spiro atoms. The fourth-order valence-corrected chi connectivity index (χ4v) is 23.6. The summed E-state index contributed by atoms with van der Waals surface area (Å²) in [6, 6.07) is 74.4. The van der Waals surface area contributed by atoms with E-state index in [4.69, 9.17) is 0 Å². The van der Waals surface area contributed by atoms with Crippen LogP contribution in [0.1, 0.15) is 178 Å². The van der Waals surface area contributed by atoms with Crippen LogP contribution in [0.15, 0.2) is 219 Å². The van der Waals surface area contributed by atoms with Gasteiger partial charge in [-0.2, -0.15) is 0 Å². The second-order valence-corrected chi connectivity index (χ2v) is 38.1. The molecule has 4 aromatic heterocycles. The van der Waals surface area contributed by atoms with Crippen molar-refractivity contribution in [2.45, 2.75) is 162 Å². The third-order valence-corrected chi connectivity index (χ3v) is 30.0. The Bertz CT molecular complexity index is 7320. The Morgan fingerprint density at radius 1 is 0.169 bits per heavy atom. The first-order valence-electron chi connectivity index (χ1n) is 45.1. The summed E-state index contributed by atoms with van der Waals surface area (Å²) in [5.74, 6) is 0. The van der Waals surface area contributed by atoms with Gasteiger partial charge in [-0.15, -0.1) is 0 Å². The van der Waals surface area contributed by atoms with Crippen molar-refractivity contribution >= 4 is 0 Å². The summed E-state index contributed by atoms with van der Waals surface area (Å²) >= 11 is 0. The molecule has 0 fully saturated rings. The number of aryl methyl sites for hydroxylation is 16. The maximum atomic E-state index is 2.39.